The Morgan fingerprint density at radius 3 is 1.44 bits per heavy atom. The Hall–Kier alpha value is -1.18. The van der Waals surface area contributed by atoms with Gasteiger partial charge in [0.2, 0.25) is 0 Å². The van der Waals surface area contributed by atoms with Gasteiger partial charge in [0.15, 0.2) is 0 Å². The first-order valence-corrected chi connectivity index (χ1v) is 4.63. The van der Waals surface area contributed by atoms with Crippen LogP contribution in [0, 0.1) is 0 Å². The highest BCUT2D eigenvalue weighted by molar-refractivity contribution is 5.66. The van der Waals surface area contributed by atoms with Crippen molar-refractivity contribution in [2.45, 2.75) is 20.3 Å². The van der Waals surface area contributed by atoms with Gasteiger partial charge in [-0.05, 0) is 0 Å². The van der Waals surface area contributed by atoms with E-state index in [9.17, 15) is 4.79 Å². The molecule has 0 fully saturated rings. The first-order chi connectivity index (χ1) is 7.42. The predicted octanol–water partition coefficient (Wildman–Crippen LogP) is -0.440. The monoisotopic (exact) mass is 240 g/mol. The molecular weight excluding hydrogens is 220 g/mol. The van der Waals surface area contributed by atoms with Crippen LogP contribution in [0.1, 0.15) is 20.3 Å². The Morgan fingerprint density at radius 2 is 1.31 bits per heavy atom. The van der Waals surface area contributed by atoms with Gasteiger partial charge in [-0.3, -0.25) is 9.59 Å². The Balaban J connectivity index is -0.000000166. The van der Waals surface area contributed by atoms with E-state index in [4.69, 9.17) is 25.2 Å². The Bertz CT molecular complexity index is 150. The molecular formula is C9H20O7. The van der Waals surface area contributed by atoms with Crippen molar-refractivity contribution in [3.05, 3.63) is 0 Å². The average Bonchev–Trinajstić information content (AvgIpc) is 2.19. The van der Waals surface area contributed by atoms with E-state index in [1.807, 2.05) is 0 Å². The van der Waals surface area contributed by atoms with Gasteiger partial charge < -0.3 is 25.2 Å². The topological polar surface area (TPSA) is 124 Å². The molecule has 0 radical (unpaired) electrons. The molecule has 0 heterocycles. The lowest BCUT2D eigenvalue weighted by Gasteiger charge is -1.94. The van der Waals surface area contributed by atoms with Gasteiger partial charge in [0.1, 0.15) is 0 Å². The van der Waals surface area contributed by atoms with E-state index in [0.29, 0.717) is 13.2 Å². The fourth-order valence-electron chi connectivity index (χ4n) is 0.231. The van der Waals surface area contributed by atoms with Crippen molar-refractivity contribution in [3.8, 4) is 0 Å². The third-order valence-electron chi connectivity index (χ3n) is 0.774. The van der Waals surface area contributed by atoms with Gasteiger partial charge in [-0.25, -0.2) is 0 Å². The molecule has 0 aliphatic carbocycles. The molecule has 98 valence electrons. The third-order valence-corrected chi connectivity index (χ3v) is 0.774. The molecule has 0 aliphatic heterocycles. The number of carbonyl (C=O) groups is 2. The number of ether oxygens (including phenoxy) is 1. The number of aliphatic hydroxyl groups is 2. The fraction of sp³-hybridized carbons (Fsp3) is 0.778. The molecule has 0 spiro atoms. The van der Waals surface area contributed by atoms with Crippen molar-refractivity contribution < 1.29 is 34.8 Å². The molecule has 0 unspecified atom stereocenters. The minimum absolute atomic E-state index is 0.0278. The molecule has 0 saturated carbocycles. The van der Waals surface area contributed by atoms with Crippen LogP contribution in [0.3, 0.4) is 0 Å². The van der Waals surface area contributed by atoms with E-state index in [1.165, 1.54) is 0 Å². The zero-order valence-corrected chi connectivity index (χ0v) is 9.55. The zero-order chi connectivity index (χ0) is 13.4. The Labute approximate surface area is 94.3 Å². The predicted molar refractivity (Wildman–Crippen MR) is 56.2 cm³/mol. The van der Waals surface area contributed by atoms with Crippen LogP contribution in [0.2, 0.25) is 0 Å². The molecule has 0 aromatic heterocycles. The van der Waals surface area contributed by atoms with E-state index in [0.717, 1.165) is 6.92 Å². The standard InChI is InChI=1S/C4H10O3.C3H6O2.C2H4O2/c5-1-3-7-4-2-6;1-2-3(4)5;1-2(3)4/h5-6H,1-4H2;2H2,1H3,(H,4,5);1H3,(H,3,4). The summed E-state index contributed by atoms with van der Waals surface area (Å²) < 4.78 is 4.63. The van der Waals surface area contributed by atoms with Gasteiger partial charge in [-0.2, -0.15) is 0 Å². The summed E-state index contributed by atoms with van der Waals surface area (Å²) in [6, 6.07) is 0. The summed E-state index contributed by atoms with van der Waals surface area (Å²) >= 11 is 0. The fourth-order valence-corrected chi connectivity index (χ4v) is 0.231. The number of aliphatic hydroxyl groups excluding tert-OH is 2. The van der Waals surface area contributed by atoms with Gasteiger partial charge in [0.05, 0.1) is 26.4 Å². The van der Waals surface area contributed by atoms with Crippen LogP contribution in [0.25, 0.3) is 0 Å². The van der Waals surface area contributed by atoms with Crippen molar-refractivity contribution in [1.82, 2.24) is 0 Å². The van der Waals surface area contributed by atoms with Crippen molar-refractivity contribution in [3.63, 3.8) is 0 Å². The summed E-state index contributed by atoms with van der Waals surface area (Å²) in [4.78, 5) is 18.4. The minimum atomic E-state index is -0.833. The smallest absolute Gasteiger partial charge is 0.303 e. The maximum atomic E-state index is 9.37. The van der Waals surface area contributed by atoms with Crippen LogP contribution < -0.4 is 0 Å². The van der Waals surface area contributed by atoms with Gasteiger partial charge in [0, 0.05) is 13.3 Å². The summed E-state index contributed by atoms with van der Waals surface area (Å²) in [5.74, 6) is -1.58. The molecule has 0 saturated heterocycles. The van der Waals surface area contributed by atoms with Crippen LogP contribution in [0.15, 0.2) is 0 Å². The normalized spacial score (nSPS) is 8.00. The number of rotatable bonds is 5. The van der Waals surface area contributed by atoms with E-state index in [2.05, 4.69) is 4.74 Å². The minimum Gasteiger partial charge on any atom is -0.481 e. The summed E-state index contributed by atoms with van der Waals surface area (Å²) in [6.07, 6.45) is 0.222. The van der Waals surface area contributed by atoms with E-state index >= 15 is 0 Å². The zero-order valence-electron chi connectivity index (χ0n) is 9.55. The first-order valence-electron chi connectivity index (χ1n) is 4.63. The summed E-state index contributed by atoms with van der Waals surface area (Å²) in [5.41, 5.74) is 0. The van der Waals surface area contributed by atoms with E-state index in [1.54, 1.807) is 6.92 Å². The van der Waals surface area contributed by atoms with Crippen LogP contribution >= 0.6 is 0 Å². The van der Waals surface area contributed by atoms with Gasteiger partial charge >= 0.3 is 5.97 Å². The van der Waals surface area contributed by atoms with Crippen LogP contribution in [-0.2, 0) is 14.3 Å². The van der Waals surface area contributed by atoms with E-state index < -0.39 is 11.9 Å². The molecule has 7 heteroatoms. The molecule has 0 atom stereocenters. The van der Waals surface area contributed by atoms with Crippen LogP contribution in [0.5, 0.6) is 0 Å². The Kier molecular flexibility index (Phi) is 24.6. The van der Waals surface area contributed by atoms with Gasteiger partial charge in [-0.15, -0.1) is 0 Å². The second-order valence-electron chi connectivity index (χ2n) is 2.33. The van der Waals surface area contributed by atoms with Gasteiger partial charge in [-0.1, -0.05) is 6.92 Å². The van der Waals surface area contributed by atoms with Crippen LogP contribution in [-0.4, -0.2) is 58.8 Å². The molecule has 0 amide bonds. The first kappa shape index (κ1) is 20.3. The SMILES string of the molecule is CC(=O)O.CCC(=O)O.OCCOCCO. The van der Waals surface area contributed by atoms with Crippen molar-refractivity contribution >= 4 is 11.9 Å². The average molecular weight is 240 g/mol. The number of carboxylic acid groups (broad SMARTS) is 2. The number of hydrogen-bond acceptors (Lipinski definition) is 5. The van der Waals surface area contributed by atoms with Crippen molar-refractivity contribution in [1.29, 1.82) is 0 Å². The highest BCUT2D eigenvalue weighted by Gasteiger charge is 1.81. The molecule has 4 N–H and O–H groups in total. The summed E-state index contributed by atoms with van der Waals surface area (Å²) in [7, 11) is 0. The number of carboxylic acids is 2. The van der Waals surface area contributed by atoms with E-state index in [-0.39, 0.29) is 19.6 Å². The highest BCUT2D eigenvalue weighted by Crippen LogP contribution is 1.68. The third kappa shape index (κ3) is 77.1. The Morgan fingerprint density at radius 1 is 1.06 bits per heavy atom. The summed E-state index contributed by atoms with van der Waals surface area (Å²) in [6.45, 7) is 3.38. The maximum Gasteiger partial charge on any atom is 0.303 e. The van der Waals surface area contributed by atoms with Crippen molar-refractivity contribution in [2.24, 2.45) is 0 Å². The van der Waals surface area contributed by atoms with Gasteiger partial charge in [0.25, 0.3) is 5.97 Å². The molecule has 0 aromatic carbocycles. The highest BCUT2D eigenvalue weighted by atomic mass is 16.5. The molecule has 7 nitrogen and oxygen atoms in total. The second kappa shape index (κ2) is 19.4. The lowest BCUT2D eigenvalue weighted by molar-refractivity contribution is -0.137. The van der Waals surface area contributed by atoms with Crippen molar-refractivity contribution in [2.75, 3.05) is 26.4 Å². The largest absolute Gasteiger partial charge is 0.481 e. The second-order valence-corrected chi connectivity index (χ2v) is 2.33. The lowest BCUT2D eigenvalue weighted by atomic mass is 10.5. The molecule has 0 aliphatic rings. The molecule has 16 heavy (non-hydrogen) atoms. The maximum absolute atomic E-state index is 9.37. The number of hydrogen-bond donors (Lipinski definition) is 4. The molecule has 0 rings (SSSR count). The van der Waals surface area contributed by atoms with Crippen LogP contribution in [0.4, 0.5) is 0 Å². The quantitative estimate of drug-likeness (QED) is 0.480. The summed E-state index contributed by atoms with van der Waals surface area (Å²) in [5, 5.41) is 31.3. The number of aliphatic carboxylic acids is 2. The molecule has 0 aromatic rings. The molecule has 0 bridgehead atoms. The lowest BCUT2D eigenvalue weighted by Crippen LogP contribution is -2.03.